The van der Waals surface area contributed by atoms with Gasteiger partial charge in [0.15, 0.2) is 0 Å². The molecule has 2 nitrogen and oxygen atoms in total. The van der Waals surface area contributed by atoms with Crippen LogP contribution < -0.4 is 5.46 Å². The van der Waals surface area contributed by atoms with Gasteiger partial charge >= 0.3 is 7.12 Å². The van der Waals surface area contributed by atoms with Gasteiger partial charge in [0, 0.05) is 0 Å². The van der Waals surface area contributed by atoms with Gasteiger partial charge < -0.3 is 9.31 Å². The minimum absolute atomic E-state index is 0.217. The van der Waals surface area contributed by atoms with Crippen molar-refractivity contribution in [2.45, 2.75) is 65.6 Å². The molecular formula is C16H25BO2. The molecule has 3 rings (SSSR count). The van der Waals surface area contributed by atoms with Crippen molar-refractivity contribution in [1.29, 1.82) is 0 Å². The second-order valence-electron chi connectivity index (χ2n) is 6.12. The lowest BCUT2D eigenvalue weighted by Crippen LogP contribution is -2.41. The second kappa shape index (κ2) is 4.95. The number of rotatable bonds is 1. The van der Waals surface area contributed by atoms with E-state index in [9.17, 15) is 0 Å². The van der Waals surface area contributed by atoms with Crippen molar-refractivity contribution in [1.82, 2.24) is 0 Å². The van der Waals surface area contributed by atoms with Gasteiger partial charge in [-0.25, -0.2) is 0 Å². The fourth-order valence-electron chi connectivity index (χ4n) is 2.34. The zero-order chi connectivity index (χ0) is 14.3. The van der Waals surface area contributed by atoms with E-state index in [1.165, 1.54) is 24.0 Å². The molecule has 1 aliphatic carbocycles. The van der Waals surface area contributed by atoms with Gasteiger partial charge in [-0.1, -0.05) is 32.0 Å². The van der Waals surface area contributed by atoms with Gasteiger partial charge in [-0.2, -0.15) is 0 Å². The van der Waals surface area contributed by atoms with Crippen LogP contribution in [0, 0.1) is 0 Å². The third kappa shape index (κ3) is 2.46. The molecule has 1 heterocycles. The summed E-state index contributed by atoms with van der Waals surface area (Å²) in [5, 5.41) is 0. The molecule has 1 fully saturated rings. The summed E-state index contributed by atoms with van der Waals surface area (Å²) in [5.41, 5.74) is 3.59. The van der Waals surface area contributed by atoms with E-state index in [-0.39, 0.29) is 18.3 Å². The van der Waals surface area contributed by atoms with Crippen LogP contribution in [0.3, 0.4) is 0 Å². The van der Waals surface area contributed by atoms with Crippen LogP contribution in [0.1, 0.15) is 52.7 Å². The summed E-state index contributed by atoms with van der Waals surface area (Å²) in [6, 6.07) is 6.58. The highest BCUT2D eigenvalue weighted by Gasteiger charge is 2.51. The van der Waals surface area contributed by atoms with Crippen molar-refractivity contribution in [2.75, 3.05) is 0 Å². The van der Waals surface area contributed by atoms with E-state index in [4.69, 9.17) is 9.31 Å². The molecule has 1 aliphatic heterocycles. The van der Waals surface area contributed by atoms with Crippen LogP contribution in [-0.2, 0) is 22.2 Å². The molecule has 2 aliphatic rings. The molecule has 0 unspecified atom stereocenters. The Morgan fingerprint density at radius 2 is 1.42 bits per heavy atom. The Bertz CT molecular complexity index is 450. The van der Waals surface area contributed by atoms with E-state index in [1.807, 2.05) is 13.8 Å². The summed E-state index contributed by atoms with van der Waals surface area (Å²) in [6.07, 6.45) is 2.42. The minimum Gasteiger partial charge on any atom is -0.399 e. The molecule has 0 saturated carbocycles. The summed E-state index contributed by atoms with van der Waals surface area (Å²) in [7, 11) is -0.217. The van der Waals surface area contributed by atoms with Gasteiger partial charge in [0.05, 0.1) is 11.2 Å². The van der Waals surface area contributed by atoms with E-state index in [1.54, 1.807) is 0 Å². The van der Waals surface area contributed by atoms with Crippen LogP contribution in [0.4, 0.5) is 0 Å². The summed E-state index contributed by atoms with van der Waals surface area (Å²) >= 11 is 0. The Hall–Kier alpha value is -0.795. The van der Waals surface area contributed by atoms with Crippen molar-refractivity contribution in [3.63, 3.8) is 0 Å². The van der Waals surface area contributed by atoms with Crippen molar-refractivity contribution in [2.24, 2.45) is 0 Å². The van der Waals surface area contributed by atoms with Crippen molar-refractivity contribution >= 4 is 12.6 Å². The molecular weight excluding hydrogens is 235 g/mol. The fraction of sp³-hybridized carbons (Fsp3) is 0.625. The number of benzene rings is 1. The molecule has 1 aromatic carbocycles. The standard InChI is InChI=1S/C14H19BO2.C2H6/c1-13(2)14(3,4)17-15(16-13)12-8-7-10-5-6-11(10)9-12;1-2/h7-9H,5-6H2,1-4H3;1-2H3. The number of fused-ring (bicyclic) bond motifs is 1. The van der Waals surface area contributed by atoms with Crippen molar-refractivity contribution in [3.8, 4) is 0 Å². The molecule has 0 bridgehead atoms. The third-order valence-corrected chi connectivity index (χ3v) is 4.42. The normalized spacial score (nSPS) is 22.1. The van der Waals surface area contributed by atoms with Crippen molar-refractivity contribution < 1.29 is 9.31 Å². The van der Waals surface area contributed by atoms with E-state index >= 15 is 0 Å². The highest BCUT2D eigenvalue weighted by molar-refractivity contribution is 6.62. The molecule has 0 aromatic heterocycles. The average molecular weight is 260 g/mol. The van der Waals surface area contributed by atoms with Gasteiger partial charge in [0.2, 0.25) is 0 Å². The van der Waals surface area contributed by atoms with E-state index in [0.29, 0.717) is 0 Å². The second-order valence-corrected chi connectivity index (χ2v) is 6.12. The van der Waals surface area contributed by atoms with Crippen LogP contribution in [0.15, 0.2) is 18.2 Å². The van der Waals surface area contributed by atoms with Crippen LogP contribution >= 0.6 is 0 Å². The maximum absolute atomic E-state index is 6.05. The summed E-state index contributed by atoms with van der Waals surface area (Å²) in [5.74, 6) is 0. The van der Waals surface area contributed by atoms with E-state index in [2.05, 4.69) is 45.9 Å². The van der Waals surface area contributed by atoms with Gasteiger partial charge in [0.25, 0.3) is 0 Å². The molecule has 1 saturated heterocycles. The average Bonchev–Trinajstić information content (AvgIpc) is 2.53. The maximum atomic E-state index is 6.05. The Labute approximate surface area is 117 Å². The predicted molar refractivity (Wildman–Crippen MR) is 80.9 cm³/mol. The van der Waals surface area contributed by atoms with Crippen LogP contribution in [0.5, 0.6) is 0 Å². The number of hydrogen-bond donors (Lipinski definition) is 0. The zero-order valence-electron chi connectivity index (χ0n) is 13.0. The maximum Gasteiger partial charge on any atom is 0.494 e. The van der Waals surface area contributed by atoms with Gasteiger partial charge in [-0.3, -0.25) is 0 Å². The summed E-state index contributed by atoms with van der Waals surface area (Å²) in [4.78, 5) is 0. The minimum atomic E-state index is -0.249. The largest absolute Gasteiger partial charge is 0.494 e. The topological polar surface area (TPSA) is 18.5 Å². The molecule has 0 radical (unpaired) electrons. The number of hydrogen-bond acceptors (Lipinski definition) is 2. The summed E-state index contributed by atoms with van der Waals surface area (Å²) < 4.78 is 12.1. The van der Waals surface area contributed by atoms with E-state index < -0.39 is 0 Å². The fourth-order valence-corrected chi connectivity index (χ4v) is 2.34. The Morgan fingerprint density at radius 3 is 1.84 bits per heavy atom. The molecule has 1 aromatic rings. The Balaban J connectivity index is 0.000000637. The zero-order valence-corrected chi connectivity index (χ0v) is 13.0. The lowest BCUT2D eigenvalue weighted by Gasteiger charge is -2.32. The lowest BCUT2D eigenvalue weighted by molar-refractivity contribution is 0.00578. The molecule has 0 atom stereocenters. The van der Waals surface area contributed by atoms with E-state index in [0.717, 1.165) is 5.46 Å². The lowest BCUT2D eigenvalue weighted by atomic mass is 9.75. The smallest absolute Gasteiger partial charge is 0.399 e. The monoisotopic (exact) mass is 260 g/mol. The summed E-state index contributed by atoms with van der Waals surface area (Å²) in [6.45, 7) is 12.4. The van der Waals surface area contributed by atoms with Gasteiger partial charge in [-0.15, -0.1) is 0 Å². The quantitative estimate of drug-likeness (QED) is 0.722. The van der Waals surface area contributed by atoms with Crippen molar-refractivity contribution in [3.05, 3.63) is 29.3 Å². The predicted octanol–water partition coefficient (Wildman–Crippen LogP) is 3.11. The van der Waals surface area contributed by atoms with Crippen LogP contribution in [0.2, 0.25) is 0 Å². The molecule has 0 amide bonds. The first-order valence-corrected chi connectivity index (χ1v) is 7.36. The molecule has 3 heteroatoms. The molecule has 0 N–H and O–H groups in total. The first-order valence-electron chi connectivity index (χ1n) is 7.36. The first-order chi connectivity index (χ1) is 8.89. The SMILES string of the molecule is CC.CC1(C)OB(c2ccc3c(c2)CC3)OC1(C)C. The van der Waals surface area contributed by atoms with Crippen LogP contribution in [-0.4, -0.2) is 18.3 Å². The highest BCUT2D eigenvalue weighted by atomic mass is 16.7. The molecule has 19 heavy (non-hydrogen) atoms. The molecule has 0 spiro atoms. The van der Waals surface area contributed by atoms with Gasteiger partial charge in [0.1, 0.15) is 0 Å². The third-order valence-electron chi connectivity index (χ3n) is 4.42. The Kier molecular flexibility index (Phi) is 3.81. The Morgan fingerprint density at radius 1 is 0.895 bits per heavy atom. The van der Waals surface area contributed by atoms with Crippen LogP contribution in [0.25, 0.3) is 0 Å². The molecule has 104 valence electrons. The van der Waals surface area contributed by atoms with Gasteiger partial charge in [-0.05, 0) is 57.1 Å². The number of aryl methyl sites for hydroxylation is 2. The first kappa shape index (κ1) is 14.6. The highest BCUT2D eigenvalue weighted by Crippen LogP contribution is 2.36.